The van der Waals surface area contributed by atoms with E-state index in [1.165, 1.54) is 4.90 Å². The normalized spacial score (nSPS) is 10.3. The molecule has 6 heteroatoms. The van der Waals surface area contributed by atoms with E-state index in [9.17, 15) is 9.59 Å². The molecular formula is C20H23ClN2O3. The lowest BCUT2D eigenvalue weighted by molar-refractivity contribution is -0.133. The van der Waals surface area contributed by atoms with Gasteiger partial charge in [0.2, 0.25) is 11.8 Å². The number of hydrogen-bond donors (Lipinski definition) is 1. The number of carbonyl (C=O) groups excluding carboxylic acids is 2. The van der Waals surface area contributed by atoms with Gasteiger partial charge in [0.1, 0.15) is 5.75 Å². The monoisotopic (exact) mass is 374 g/mol. The average Bonchev–Trinajstić information content (AvgIpc) is 2.63. The number of hydrogen-bond acceptors (Lipinski definition) is 3. The van der Waals surface area contributed by atoms with Crippen LogP contribution in [0.25, 0.3) is 0 Å². The molecule has 0 radical (unpaired) electrons. The maximum atomic E-state index is 12.2. The van der Waals surface area contributed by atoms with Crippen LogP contribution in [0.3, 0.4) is 0 Å². The van der Waals surface area contributed by atoms with Crippen molar-refractivity contribution in [2.75, 3.05) is 26.0 Å². The Balaban J connectivity index is 1.74. The number of methoxy groups -OCH3 is 1. The predicted octanol–water partition coefficient (Wildman–Crippen LogP) is 3.77. The highest BCUT2D eigenvalue weighted by molar-refractivity contribution is 6.30. The van der Waals surface area contributed by atoms with Crippen LogP contribution in [0, 0.1) is 0 Å². The van der Waals surface area contributed by atoms with Crippen molar-refractivity contribution < 1.29 is 14.3 Å². The van der Waals surface area contributed by atoms with Gasteiger partial charge in [0.25, 0.3) is 0 Å². The number of aryl methyl sites for hydroxylation is 1. The van der Waals surface area contributed by atoms with Crippen LogP contribution in [0.1, 0.15) is 18.4 Å². The van der Waals surface area contributed by atoms with Gasteiger partial charge in [0, 0.05) is 30.2 Å². The lowest BCUT2D eigenvalue weighted by Crippen LogP contribution is -2.34. The van der Waals surface area contributed by atoms with E-state index in [2.05, 4.69) is 5.32 Å². The Morgan fingerprint density at radius 3 is 2.58 bits per heavy atom. The van der Waals surface area contributed by atoms with Crippen molar-refractivity contribution in [1.82, 2.24) is 4.90 Å². The van der Waals surface area contributed by atoms with Crippen molar-refractivity contribution in [3.05, 3.63) is 59.1 Å². The molecular weight excluding hydrogens is 352 g/mol. The van der Waals surface area contributed by atoms with Crippen molar-refractivity contribution in [2.24, 2.45) is 0 Å². The maximum Gasteiger partial charge on any atom is 0.243 e. The molecule has 0 fully saturated rings. The van der Waals surface area contributed by atoms with Crippen LogP contribution < -0.4 is 10.1 Å². The number of carbonyl (C=O) groups is 2. The minimum atomic E-state index is -0.244. The van der Waals surface area contributed by atoms with Crippen molar-refractivity contribution in [3.8, 4) is 5.75 Å². The third-order valence-electron chi connectivity index (χ3n) is 3.93. The van der Waals surface area contributed by atoms with Gasteiger partial charge in [-0.2, -0.15) is 0 Å². The van der Waals surface area contributed by atoms with Crippen molar-refractivity contribution >= 4 is 29.1 Å². The molecule has 2 aromatic carbocycles. The molecule has 0 spiro atoms. The summed E-state index contributed by atoms with van der Waals surface area (Å²) < 4.78 is 5.12. The first-order valence-corrected chi connectivity index (χ1v) is 8.78. The molecule has 2 rings (SSSR count). The fraction of sp³-hybridized carbons (Fsp3) is 0.300. The Hall–Kier alpha value is -2.53. The second kappa shape index (κ2) is 9.82. The number of likely N-dealkylation sites (N-methyl/N-ethyl adjacent to an activating group) is 1. The highest BCUT2D eigenvalue weighted by Gasteiger charge is 2.13. The van der Waals surface area contributed by atoms with Gasteiger partial charge in [-0.05, 0) is 42.7 Å². The van der Waals surface area contributed by atoms with E-state index >= 15 is 0 Å². The van der Waals surface area contributed by atoms with Crippen molar-refractivity contribution in [2.45, 2.75) is 19.3 Å². The molecule has 0 aliphatic carbocycles. The van der Waals surface area contributed by atoms with E-state index in [1.54, 1.807) is 38.4 Å². The van der Waals surface area contributed by atoms with Gasteiger partial charge in [-0.3, -0.25) is 9.59 Å². The summed E-state index contributed by atoms with van der Waals surface area (Å²) in [5.41, 5.74) is 1.78. The van der Waals surface area contributed by atoms with Crippen LogP contribution >= 0.6 is 11.6 Å². The first kappa shape index (κ1) is 19.8. The van der Waals surface area contributed by atoms with E-state index in [1.807, 2.05) is 24.3 Å². The summed E-state index contributed by atoms with van der Waals surface area (Å²) in [6, 6.07) is 14.7. The first-order chi connectivity index (χ1) is 12.5. The third kappa shape index (κ3) is 6.41. The van der Waals surface area contributed by atoms with Crippen molar-refractivity contribution in [3.63, 3.8) is 0 Å². The van der Waals surface area contributed by atoms with Crippen molar-refractivity contribution in [1.29, 1.82) is 0 Å². The minimum absolute atomic E-state index is 0.0109. The van der Waals surface area contributed by atoms with Gasteiger partial charge in [-0.15, -0.1) is 0 Å². The lowest BCUT2D eigenvalue weighted by atomic mass is 10.1. The summed E-state index contributed by atoms with van der Waals surface area (Å²) in [6.07, 6.45) is 1.92. The summed E-state index contributed by atoms with van der Waals surface area (Å²) >= 11 is 5.86. The fourth-order valence-electron chi connectivity index (χ4n) is 2.49. The minimum Gasteiger partial charge on any atom is -0.497 e. The molecule has 0 aliphatic heterocycles. The Kier molecular flexibility index (Phi) is 7.48. The second-order valence-electron chi connectivity index (χ2n) is 6.01. The van der Waals surface area contributed by atoms with Crippen LogP contribution in [0.2, 0.25) is 5.02 Å². The van der Waals surface area contributed by atoms with E-state index in [0.29, 0.717) is 22.9 Å². The molecule has 2 aromatic rings. The Bertz CT molecular complexity index is 747. The number of nitrogens with one attached hydrogen (secondary N) is 1. The SMILES string of the molecule is COc1cccc(NC(=O)CN(C)C(=O)CCCc2ccc(Cl)cc2)c1. The predicted molar refractivity (Wildman–Crippen MR) is 104 cm³/mol. The Morgan fingerprint density at radius 2 is 1.88 bits per heavy atom. The molecule has 0 saturated heterocycles. The number of amides is 2. The molecule has 0 heterocycles. The Morgan fingerprint density at radius 1 is 1.15 bits per heavy atom. The van der Waals surface area contributed by atoms with Crippen LogP contribution in [0.5, 0.6) is 5.75 Å². The molecule has 0 unspecified atom stereocenters. The van der Waals surface area contributed by atoms with Crippen LogP contribution in [0.4, 0.5) is 5.69 Å². The number of benzene rings is 2. The second-order valence-corrected chi connectivity index (χ2v) is 6.45. The zero-order valence-electron chi connectivity index (χ0n) is 15.0. The van der Waals surface area contributed by atoms with E-state index in [0.717, 1.165) is 18.4 Å². The highest BCUT2D eigenvalue weighted by Crippen LogP contribution is 2.16. The van der Waals surface area contributed by atoms with Gasteiger partial charge < -0.3 is 15.0 Å². The van der Waals surface area contributed by atoms with Crippen LogP contribution in [-0.2, 0) is 16.0 Å². The third-order valence-corrected chi connectivity index (χ3v) is 4.18. The van der Waals surface area contributed by atoms with Gasteiger partial charge >= 0.3 is 0 Å². The van der Waals surface area contributed by atoms with E-state index in [4.69, 9.17) is 16.3 Å². The molecule has 0 bridgehead atoms. The fourth-order valence-corrected chi connectivity index (χ4v) is 2.62. The number of halogens is 1. The molecule has 0 atom stereocenters. The lowest BCUT2D eigenvalue weighted by Gasteiger charge is -2.17. The Labute approximate surface area is 158 Å². The molecule has 0 aliphatic rings. The van der Waals surface area contributed by atoms with Gasteiger partial charge in [-0.1, -0.05) is 29.8 Å². The largest absolute Gasteiger partial charge is 0.497 e. The number of rotatable bonds is 8. The quantitative estimate of drug-likeness (QED) is 0.765. The topological polar surface area (TPSA) is 58.6 Å². The van der Waals surface area contributed by atoms with E-state index < -0.39 is 0 Å². The molecule has 0 saturated carbocycles. The zero-order valence-corrected chi connectivity index (χ0v) is 15.8. The van der Waals surface area contributed by atoms with Gasteiger partial charge in [-0.25, -0.2) is 0 Å². The molecule has 0 aromatic heterocycles. The van der Waals surface area contributed by atoms with Gasteiger partial charge in [0.15, 0.2) is 0 Å². The summed E-state index contributed by atoms with van der Waals surface area (Å²) in [7, 11) is 3.20. The molecule has 26 heavy (non-hydrogen) atoms. The maximum absolute atomic E-state index is 12.2. The van der Waals surface area contributed by atoms with Crippen LogP contribution in [-0.4, -0.2) is 37.4 Å². The van der Waals surface area contributed by atoms with E-state index in [-0.39, 0.29) is 18.4 Å². The summed E-state index contributed by atoms with van der Waals surface area (Å²) in [5.74, 6) is 0.362. The zero-order chi connectivity index (χ0) is 18.9. The summed E-state index contributed by atoms with van der Waals surface area (Å²) in [4.78, 5) is 25.7. The summed E-state index contributed by atoms with van der Waals surface area (Å²) in [5, 5.41) is 3.46. The number of anilines is 1. The molecule has 2 amide bonds. The molecule has 138 valence electrons. The summed E-state index contributed by atoms with van der Waals surface area (Å²) in [6.45, 7) is 0.0109. The molecule has 1 N–H and O–H groups in total. The standard InChI is InChI=1S/C20H23ClN2O3/c1-23(14-19(24)22-17-6-4-7-18(13-17)26-2)20(25)8-3-5-15-9-11-16(21)12-10-15/h4,6-7,9-13H,3,5,8,14H2,1-2H3,(H,22,24). The average molecular weight is 375 g/mol. The first-order valence-electron chi connectivity index (χ1n) is 8.40. The van der Waals surface area contributed by atoms with Crippen LogP contribution in [0.15, 0.2) is 48.5 Å². The number of ether oxygens (including phenoxy) is 1. The van der Waals surface area contributed by atoms with Gasteiger partial charge in [0.05, 0.1) is 13.7 Å². The molecule has 5 nitrogen and oxygen atoms in total. The smallest absolute Gasteiger partial charge is 0.243 e. The number of nitrogens with zero attached hydrogens (tertiary/aromatic N) is 1. The highest BCUT2D eigenvalue weighted by atomic mass is 35.5.